The van der Waals surface area contributed by atoms with E-state index in [9.17, 15) is 9.59 Å². The van der Waals surface area contributed by atoms with Crippen molar-refractivity contribution in [1.82, 2.24) is 10.2 Å². The Morgan fingerprint density at radius 2 is 2.08 bits per heavy atom. The van der Waals surface area contributed by atoms with Crippen LogP contribution >= 0.6 is 0 Å². The standard InChI is InChI=1S/C19H27N3O3/c1-21(14-18(23)20-13-16-9-6-12-25-16)17-10-5-11-22(19(17)24)15-7-3-2-4-8-15/h2-4,7-8,16-17H,5-6,9-14H2,1H3,(H,20,23). The second kappa shape index (κ2) is 8.45. The number of para-hydroxylation sites is 1. The monoisotopic (exact) mass is 345 g/mol. The van der Waals surface area contributed by atoms with Crippen LogP contribution in [0.5, 0.6) is 0 Å². The van der Waals surface area contributed by atoms with Gasteiger partial charge in [-0.25, -0.2) is 0 Å². The molecule has 2 heterocycles. The summed E-state index contributed by atoms with van der Waals surface area (Å²) in [6.07, 6.45) is 3.93. The highest BCUT2D eigenvalue weighted by molar-refractivity contribution is 5.98. The summed E-state index contributed by atoms with van der Waals surface area (Å²) in [4.78, 5) is 28.7. The van der Waals surface area contributed by atoms with E-state index in [1.807, 2.05) is 47.2 Å². The van der Waals surface area contributed by atoms with Crippen LogP contribution in [0.4, 0.5) is 5.69 Å². The van der Waals surface area contributed by atoms with E-state index in [1.54, 1.807) is 0 Å². The number of nitrogens with one attached hydrogen (secondary N) is 1. The molecule has 1 aromatic carbocycles. The minimum absolute atomic E-state index is 0.0531. The fourth-order valence-corrected chi connectivity index (χ4v) is 3.56. The predicted octanol–water partition coefficient (Wildman–Crippen LogP) is 1.41. The molecule has 0 spiro atoms. The highest BCUT2D eigenvalue weighted by Gasteiger charge is 2.33. The zero-order chi connectivity index (χ0) is 17.6. The number of piperidine rings is 1. The number of hydrogen-bond acceptors (Lipinski definition) is 4. The van der Waals surface area contributed by atoms with Crippen LogP contribution in [0.15, 0.2) is 30.3 Å². The predicted molar refractivity (Wildman–Crippen MR) is 96.4 cm³/mol. The van der Waals surface area contributed by atoms with Crippen molar-refractivity contribution in [2.75, 3.05) is 38.2 Å². The van der Waals surface area contributed by atoms with Crippen molar-refractivity contribution in [3.8, 4) is 0 Å². The van der Waals surface area contributed by atoms with Gasteiger partial charge in [-0.3, -0.25) is 14.5 Å². The molecule has 2 amide bonds. The van der Waals surface area contributed by atoms with E-state index in [0.717, 1.165) is 44.5 Å². The number of benzene rings is 1. The number of carbonyl (C=O) groups excluding carboxylic acids is 2. The lowest BCUT2D eigenvalue weighted by atomic mass is 10.0. The number of amides is 2. The Hall–Kier alpha value is -1.92. The molecule has 6 nitrogen and oxygen atoms in total. The topological polar surface area (TPSA) is 61.9 Å². The lowest BCUT2D eigenvalue weighted by Gasteiger charge is -2.36. The molecule has 6 heteroatoms. The van der Waals surface area contributed by atoms with Gasteiger partial charge >= 0.3 is 0 Å². The second-order valence-corrected chi connectivity index (χ2v) is 6.84. The summed E-state index contributed by atoms with van der Waals surface area (Å²) >= 11 is 0. The molecule has 2 atom stereocenters. The number of anilines is 1. The van der Waals surface area contributed by atoms with E-state index in [1.165, 1.54) is 0 Å². The molecule has 2 aliphatic rings. The Morgan fingerprint density at radius 3 is 2.80 bits per heavy atom. The normalized spacial score (nSPS) is 23.9. The molecule has 136 valence electrons. The highest BCUT2D eigenvalue weighted by Crippen LogP contribution is 2.23. The van der Waals surface area contributed by atoms with Gasteiger partial charge in [-0.2, -0.15) is 0 Å². The lowest BCUT2D eigenvalue weighted by molar-refractivity contribution is -0.127. The van der Waals surface area contributed by atoms with E-state index in [2.05, 4.69) is 5.32 Å². The molecule has 2 fully saturated rings. The Bertz CT molecular complexity index is 587. The van der Waals surface area contributed by atoms with Gasteiger partial charge in [0.2, 0.25) is 11.8 Å². The van der Waals surface area contributed by atoms with Crippen LogP contribution in [0.3, 0.4) is 0 Å². The summed E-state index contributed by atoms with van der Waals surface area (Å²) in [6, 6.07) is 9.48. The molecule has 0 radical (unpaired) electrons. The van der Waals surface area contributed by atoms with Gasteiger partial charge in [-0.15, -0.1) is 0 Å². The summed E-state index contributed by atoms with van der Waals surface area (Å²) in [5.41, 5.74) is 0.924. The second-order valence-electron chi connectivity index (χ2n) is 6.84. The molecule has 1 aromatic rings. The van der Waals surface area contributed by atoms with Crippen LogP contribution in [0.1, 0.15) is 25.7 Å². The molecule has 25 heavy (non-hydrogen) atoms. The van der Waals surface area contributed by atoms with E-state index < -0.39 is 0 Å². The molecule has 2 unspecified atom stereocenters. The minimum atomic E-state index is -0.248. The number of likely N-dealkylation sites (N-methyl/N-ethyl adjacent to an activating group) is 1. The summed E-state index contributed by atoms with van der Waals surface area (Å²) in [7, 11) is 1.85. The first kappa shape index (κ1) is 17.9. The molecular weight excluding hydrogens is 318 g/mol. The number of nitrogens with zero attached hydrogens (tertiary/aromatic N) is 2. The molecular formula is C19H27N3O3. The van der Waals surface area contributed by atoms with Gasteiger partial charge in [-0.1, -0.05) is 18.2 Å². The first-order valence-electron chi connectivity index (χ1n) is 9.10. The highest BCUT2D eigenvalue weighted by atomic mass is 16.5. The van der Waals surface area contributed by atoms with Crippen LogP contribution in [0, 0.1) is 0 Å². The number of ether oxygens (including phenoxy) is 1. The Balaban J connectivity index is 1.52. The van der Waals surface area contributed by atoms with Crippen LogP contribution < -0.4 is 10.2 Å². The SMILES string of the molecule is CN(CC(=O)NCC1CCCO1)C1CCCN(c2ccccc2)C1=O. The summed E-state index contributed by atoms with van der Waals surface area (Å²) < 4.78 is 5.52. The zero-order valence-corrected chi connectivity index (χ0v) is 14.8. The van der Waals surface area contributed by atoms with Crippen LogP contribution in [-0.2, 0) is 14.3 Å². The van der Waals surface area contributed by atoms with Gasteiger partial charge in [0, 0.05) is 25.4 Å². The average molecular weight is 345 g/mol. The van der Waals surface area contributed by atoms with Gasteiger partial charge in [0.05, 0.1) is 18.7 Å². The fourth-order valence-electron chi connectivity index (χ4n) is 3.56. The van der Waals surface area contributed by atoms with Crippen molar-refractivity contribution in [2.45, 2.75) is 37.8 Å². The first-order chi connectivity index (χ1) is 12.1. The zero-order valence-electron chi connectivity index (χ0n) is 14.8. The van der Waals surface area contributed by atoms with Gasteiger partial charge in [-0.05, 0) is 44.9 Å². The molecule has 0 aliphatic carbocycles. The molecule has 3 rings (SSSR count). The Kier molecular flexibility index (Phi) is 6.04. The van der Waals surface area contributed by atoms with Crippen molar-refractivity contribution in [2.24, 2.45) is 0 Å². The van der Waals surface area contributed by atoms with E-state index >= 15 is 0 Å². The summed E-state index contributed by atoms with van der Waals surface area (Å²) in [6.45, 7) is 2.30. The van der Waals surface area contributed by atoms with Crippen LogP contribution in [-0.4, -0.2) is 62.1 Å². The molecule has 2 saturated heterocycles. The van der Waals surface area contributed by atoms with Gasteiger partial charge in [0.25, 0.3) is 0 Å². The lowest BCUT2D eigenvalue weighted by Crippen LogP contribution is -2.53. The third-order valence-corrected chi connectivity index (χ3v) is 4.95. The summed E-state index contributed by atoms with van der Waals surface area (Å²) in [5.74, 6) is 0.0227. The van der Waals surface area contributed by atoms with Crippen LogP contribution in [0.2, 0.25) is 0 Å². The molecule has 2 aliphatic heterocycles. The van der Waals surface area contributed by atoms with E-state index in [0.29, 0.717) is 6.54 Å². The maximum Gasteiger partial charge on any atom is 0.244 e. The number of hydrogen-bond donors (Lipinski definition) is 1. The van der Waals surface area contributed by atoms with Crippen molar-refractivity contribution in [1.29, 1.82) is 0 Å². The fraction of sp³-hybridized carbons (Fsp3) is 0.579. The quantitative estimate of drug-likeness (QED) is 0.847. The van der Waals surface area contributed by atoms with E-state index in [-0.39, 0.29) is 30.5 Å². The maximum atomic E-state index is 12.8. The molecule has 1 N–H and O–H groups in total. The van der Waals surface area contributed by atoms with Crippen molar-refractivity contribution >= 4 is 17.5 Å². The first-order valence-corrected chi connectivity index (χ1v) is 9.10. The summed E-state index contributed by atoms with van der Waals surface area (Å²) in [5, 5.41) is 2.92. The smallest absolute Gasteiger partial charge is 0.244 e. The van der Waals surface area contributed by atoms with Gasteiger partial charge in [0.15, 0.2) is 0 Å². The number of rotatable bonds is 6. The Morgan fingerprint density at radius 1 is 1.28 bits per heavy atom. The largest absolute Gasteiger partial charge is 0.376 e. The molecule has 0 saturated carbocycles. The minimum Gasteiger partial charge on any atom is -0.376 e. The molecule has 0 aromatic heterocycles. The number of carbonyl (C=O) groups is 2. The van der Waals surface area contributed by atoms with Gasteiger partial charge in [0.1, 0.15) is 0 Å². The molecule has 0 bridgehead atoms. The van der Waals surface area contributed by atoms with E-state index in [4.69, 9.17) is 4.74 Å². The van der Waals surface area contributed by atoms with Crippen LogP contribution in [0.25, 0.3) is 0 Å². The van der Waals surface area contributed by atoms with Crippen molar-refractivity contribution < 1.29 is 14.3 Å². The average Bonchev–Trinajstić information content (AvgIpc) is 3.14. The third kappa shape index (κ3) is 4.58. The van der Waals surface area contributed by atoms with Gasteiger partial charge < -0.3 is 15.0 Å². The third-order valence-electron chi connectivity index (χ3n) is 4.95. The maximum absolute atomic E-state index is 12.8. The van der Waals surface area contributed by atoms with Crippen molar-refractivity contribution in [3.05, 3.63) is 30.3 Å². The Labute approximate surface area is 149 Å². The van der Waals surface area contributed by atoms with Crippen molar-refractivity contribution in [3.63, 3.8) is 0 Å².